The van der Waals surface area contributed by atoms with Gasteiger partial charge in [0.1, 0.15) is 0 Å². The van der Waals surface area contributed by atoms with E-state index >= 15 is 0 Å². The van der Waals surface area contributed by atoms with Gasteiger partial charge in [-0.1, -0.05) is 0 Å². The molecule has 0 bridgehead atoms. The van der Waals surface area contributed by atoms with E-state index in [9.17, 15) is 4.79 Å². The van der Waals surface area contributed by atoms with Crippen LogP contribution < -0.4 is 11.1 Å². The molecule has 0 aromatic carbocycles. The van der Waals surface area contributed by atoms with Crippen LogP contribution in [0.3, 0.4) is 0 Å². The van der Waals surface area contributed by atoms with Crippen LogP contribution in [0.5, 0.6) is 0 Å². The summed E-state index contributed by atoms with van der Waals surface area (Å²) in [4.78, 5) is 21.7. The minimum Gasteiger partial charge on any atom is -0.368 e. The molecule has 2 heterocycles. The van der Waals surface area contributed by atoms with Crippen molar-refractivity contribution in [3.8, 4) is 0 Å². The van der Waals surface area contributed by atoms with Crippen molar-refractivity contribution in [1.82, 2.24) is 15.1 Å². The molecule has 128 valence electrons. The van der Waals surface area contributed by atoms with E-state index in [4.69, 9.17) is 5.73 Å². The summed E-state index contributed by atoms with van der Waals surface area (Å²) in [6.07, 6.45) is 0. The number of aliphatic imine (C=N–C) groups is 1. The average molecular weight is 337 g/mol. The maximum atomic E-state index is 11.6. The molecule has 0 saturated carbocycles. The Balaban J connectivity index is 1.90. The van der Waals surface area contributed by atoms with Gasteiger partial charge >= 0.3 is 0 Å². The monoisotopic (exact) mass is 337 g/mol. The Kier molecular flexibility index (Phi) is 5.64. The molecule has 1 aromatic rings. The fourth-order valence-corrected chi connectivity index (χ4v) is 3.56. The van der Waals surface area contributed by atoms with E-state index in [-0.39, 0.29) is 5.91 Å². The van der Waals surface area contributed by atoms with Gasteiger partial charge < -0.3 is 16.0 Å². The zero-order valence-corrected chi connectivity index (χ0v) is 15.2. The molecule has 0 aliphatic carbocycles. The third-order valence-corrected chi connectivity index (χ3v) is 5.58. The number of carbonyl (C=O) groups is 1. The summed E-state index contributed by atoms with van der Waals surface area (Å²) in [6, 6.07) is 2.13. The van der Waals surface area contributed by atoms with Gasteiger partial charge in [-0.2, -0.15) is 0 Å². The lowest BCUT2D eigenvalue weighted by Crippen LogP contribution is -2.61. The molecule has 6 nitrogen and oxygen atoms in total. The first kappa shape index (κ1) is 17.7. The van der Waals surface area contributed by atoms with Crippen molar-refractivity contribution in [3.05, 3.63) is 21.9 Å². The predicted octanol–water partition coefficient (Wildman–Crippen LogP) is 1.01. The summed E-state index contributed by atoms with van der Waals surface area (Å²) in [6.45, 7) is 9.96. The average Bonchev–Trinajstić information content (AvgIpc) is 2.93. The number of piperazine rings is 1. The Morgan fingerprint density at radius 1 is 1.39 bits per heavy atom. The van der Waals surface area contributed by atoms with E-state index in [0.717, 1.165) is 38.7 Å². The standard InChI is InChI=1S/C16H27N5OS/c1-12-5-10-23-13(12)11-19-15(18-4)20-6-8-21(9-7-20)16(2,3)14(17)22/h5,10H,6-9,11H2,1-4H3,(H2,17,22)(H,18,19). The Bertz CT molecular complexity index is 573. The van der Waals surface area contributed by atoms with E-state index in [0.29, 0.717) is 0 Å². The molecule has 1 aliphatic heterocycles. The van der Waals surface area contributed by atoms with Gasteiger partial charge in [-0.15, -0.1) is 11.3 Å². The molecule has 0 radical (unpaired) electrons. The van der Waals surface area contributed by atoms with E-state index in [1.165, 1.54) is 10.4 Å². The van der Waals surface area contributed by atoms with Gasteiger partial charge in [0.25, 0.3) is 0 Å². The first-order chi connectivity index (χ1) is 10.9. The molecule has 23 heavy (non-hydrogen) atoms. The first-order valence-electron chi connectivity index (χ1n) is 7.89. The highest BCUT2D eigenvalue weighted by Gasteiger charge is 2.35. The van der Waals surface area contributed by atoms with Crippen LogP contribution in [-0.4, -0.2) is 60.4 Å². The van der Waals surface area contributed by atoms with Crippen LogP contribution in [0.15, 0.2) is 16.4 Å². The molecule has 7 heteroatoms. The van der Waals surface area contributed by atoms with Gasteiger partial charge in [0.2, 0.25) is 5.91 Å². The second kappa shape index (κ2) is 7.31. The van der Waals surface area contributed by atoms with Crippen LogP contribution in [-0.2, 0) is 11.3 Å². The Labute approximate surface area is 142 Å². The molecular weight excluding hydrogens is 310 g/mol. The van der Waals surface area contributed by atoms with Crippen molar-refractivity contribution in [3.63, 3.8) is 0 Å². The lowest BCUT2D eigenvalue weighted by atomic mass is 10.0. The lowest BCUT2D eigenvalue weighted by molar-refractivity contribution is -0.129. The summed E-state index contributed by atoms with van der Waals surface area (Å²) in [7, 11) is 1.81. The van der Waals surface area contributed by atoms with Crippen LogP contribution in [0.2, 0.25) is 0 Å². The van der Waals surface area contributed by atoms with Gasteiger partial charge in [-0.25, -0.2) is 0 Å². The van der Waals surface area contributed by atoms with E-state index in [2.05, 4.69) is 38.5 Å². The van der Waals surface area contributed by atoms with Gasteiger partial charge in [-0.3, -0.25) is 14.7 Å². The molecule has 1 amide bonds. The molecule has 0 spiro atoms. The van der Waals surface area contributed by atoms with Gasteiger partial charge in [0.15, 0.2) is 5.96 Å². The minimum atomic E-state index is -0.600. The molecule has 1 saturated heterocycles. The third-order valence-electron chi connectivity index (χ3n) is 4.56. The van der Waals surface area contributed by atoms with Crippen LogP contribution in [0, 0.1) is 6.92 Å². The number of hydrogen-bond acceptors (Lipinski definition) is 4. The maximum absolute atomic E-state index is 11.6. The number of guanidine groups is 1. The van der Waals surface area contributed by atoms with E-state index in [1.54, 1.807) is 11.3 Å². The van der Waals surface area contributed by atoms with Crippen molar-refractivity contribution < 1.29 is 4.79 Å². The fourth-order valence-electron chi connectivity index (χ4n) is 2.71. The molecular formula is C16H27N5OS. The second-order valence-electron chi connectivity index (χ2n) is 6.32. The number of nitrogens with zero attached hydrogens (tertiary/aromatic N) is 3. The van der Waals surface area contributed by atoms with E-state index in [1.807, 2.05) is 20.9 Å². The minimum absolute atomic E-state index is 0.276. The highest BCUT2D eigenvalue weighted by Crippen LogP contribution is 2.17. The largest absolute Gasteiger partial charge is 0.368 e. The maximum Gasteiger partial charge on any atom is 0.237 e. The zero-order chi connectivity index (χ0) is 17.0. The molecule has 2 rings (SSSR count). The number of rotatable bonds is 4. The summed E-state index contributed by atoms with van der Waals surface area (Å²) in [5, 5.41) is 5.55. The smallest absolute Gasteiger partial charge is 0.237 e. The Hall–Kier alpha value is -1.60. The molecule has 0 atom stereocenters. The first-order valence-corrected chi connectivity index (χ1v) is 8.77. The molecule has 1 aromatic heterocycles. The number of aryl methyl sites for hydroxylation is 1. The van der Waals surface area contributed by atoms with Gasteiger partial charge in [-0.05, 0) is 37.8 Å². The number of nitrogens with one attached hydrogen (secondary N) is 1. The number of thiophene rings is 1. The van der Waals surface area contributed by atoms with E-state index < -0.39 is 5.54 Å². The topological polar surface area (TPSA) is 74.0 Å². The highest BCUT2D eigenvalue weighted by molar-refractivity contribution is 7.10. The van der Waals surface area contributed by atoms with Crippen molar-refractivity contribution in [1.29, 1.82) is 0 Å². The quantitative estimate of drug-likeness (QED) is 0.635. The SMILES string of the molecule is CN=C(NCc1sccc1C)N1CCN(C(C)(C)C(N)=O)CC1. The third kappa shape index (κ3) is 4.03. The molecule has 3 N–H and O–H groups in total. The van der Waals surface area contributed by atoms with Crippen LogP contribution in [0.25, 0.3) is 0 Å². The number of hydrogen-bond donors (Lipinski definition) is 2. The number of primary amides is 1. The molecule has 1 aliphatic rings. The van der Waals surface area contributed by atoms with Gasteiger partial charge in [0.05, 0.1) is 12.1 Å². The molecule has 1 fully saturated rings. The Morgan fingerprint density at radius 2 is 2.04 bits per heavy atom. The van der Waals surface area contributed by atoms with Crippen LogP contribution in [0.4, 0.5) is 0 Å². The van der Waals surface area contributed by atoms with Crippen molar-refractivity contribution >= 4 is 23.2 Å². The number of amides is 1. The fraction of sp³-hybridized carbons (Fsp3) is 0.625. The second-order valence-corrected chi connectivity index (χ2v) is 7.33. The summed E-state index contributed by atoms with van der Waals surface area (Å²) in [5.74, 6) is 0.635. The zero-order valence-electron chi connectivity index (χ0n) is 14.4. The normalized spacial score (nSPS) is 17.4. The summed E-state index contributed by atoms with van der Waals surface area (Å²) in [5.41, 5.74) is 6.22. The Morgan fingerprint density at radius 3 is 2.52 bits per heavy atom. The highest BCUT2D eigenvalue weighted by atomic mass is 32.1. The lowest BCUT2D eigenvalue weighted by Gasteiger charge is -2.43. The van der Waals surface area contributed by atoms with Crippen LogP contribution >= 0.6 is 11.3 Å². The van der Waals surface area contributed by atoms with Gasteiger partial charge in [0, 0.05) is 38.1 Å². The molecule has 0 unspecified atom stereocenters. The van der Waals surface area contributed by atoms with Crippen molar-refractivity contribution in [2.24, 2.45) is 10.7 Å². The van der Waals surface area contributed by atoms with Crippen LogP contribution in [0.1, 0.15) is 24.3 Å². The summed E-state index contributed by atoms with van der Waals surface area (Å²) < 4.78 is 0. The number of nitrogens with two attached hydrogens (primary N) is 1. The van der Waals surface area contributed by atoms with Crippen molar-refractivity contribution in [2.45, 2.75) is 32.9 Å². The summed E-state index contributed by atoms with van der Waals surface area (Å²) >= 11 is 1.76. The van der Waals surface area contributed by atoms with Crippen molar-refractivity contribution in [2.75, 3.05) is 33.2 Å². The number of carbonyl (C=O) groups excluding carboxylic acids is 1. The predicted molar refractivity (Wildman–Crippen MR) is 95.7 cm³/mol.